The van der Waals surface area contributed by atoms with E-state index in [1.54, 1.807) is 7.11 Å². The van der Waals surface area contributed by atoms with Crippen molar-refractivity contribution in [3.8, 4) is 11.4 Å². The van der Waals surface area contributed by atoms with Gasteiger partial charge >= 0.3 is 0 Å². The third-order valence-corrected chi connectivity index (χ3v) is 7.51. The van der Waals surface area contributed by atoms with Crippen molar-refractivity contribution in [3.05, 3.63) is 112 Å². The Morgan fingerprint density at radius 3 is 2.31 bits per heavy atom. The van der Waals surface area contributed by atoms with E-state index in [2.05, 4.69) is 84.9 Å². The van der Waals surface area contributed by atoms with E-state index >= 15 is 0 Å². The Bertz CT molecular complexity index is 1370. The van der Waals surface area contributed by atoms with Gasteiger partial charge in [-0.3, -0.25) is 4.98 Å². The average molecular weight is 497 g/mol. The SMILES string of the molecule is COc1ccc(CN2C(=S)N[C@H](c3ccccn3)[C@H]2c2cc(C)n(-c3c(C)cccc3C)c2C)cc1. The van der Waals surface area contributed by atoms with E-state index in [-0.39, 0.29) is 12.1 Å². The van der Waals surface area contributed by atoms with E-state index in [4.69, 9.17) is 21.9 Å². The minimum Gasteiger partial charge on any atom is -0.497 e. The number of aromatic nitrogens is 2. The van der Waals surface area contributed by atoms with Crippen LogP contribution in [0, 0.1) is 27.7 Å². The second kappa shape index (κ2) is 9.78. The van der Waals surface area contributed by atoms with Crippen LogP contribution in [0.1, 0.15) is 51.4 Å². The Morgan fingerprint density at radius 2 is 1.67 bits per heavy atom. The van der Waals surface area contributed by atoms with Crippen LogP contribution in [0.25, 0.3) is 5.69 Å². The largest absolute Gasteiger partial charge is 0.497 e. The van der Waals surface area contributed by atoms with Crippen molar-refractivity contribution in [1.82, 2.24) is 19.8 Å². The average Bonchev–Trinajstić information content (AvgIpc) is 3.35. The molecule has 3 heterocycles. The summed E-state index contributed by atoms with van der Waals surface area (Å²) in [5, 5.41) is 4.33. The molecule has 4 aromatic rings. The van der Waals surface area contributed by atoms with Gasteiger partial charge in [0.1, 0.15) is 5.75 Å². The van der Waals surface area contributed by atoms with Crippen LogP contribution in [0.15, 0.2) is 72.9 Å². The van der Waals surface area contributed by atoms with Crippen molar-refractivity contribution in [2.24, 2.45) is 0 Å². The van der Waals surface area contributed by atoms with Gasteiger partial charge in [-0.15, -0.1) is 0 Å². The molecule has 1 fully saturated rings. The fraction of sp³-hybridized carbons (Fsp3) is 0.267. The van der Waals surface area contributed by atoms with Gasteiger partial charge in [-0.05, 0) is 92.5 Å². The van der Waals surface area contributed by atoms with Gasteiger partial charge in [-0.2, -0.15) is 0 Å². The molecule has 0 amide bonds. The molecular weight excluding hydrogens is 464 g/mol. The zero-order valence-electron chi connectivity index (χ0n) is 21.4. The standard InChI is InChI=1S/C30H32N4OS/c1-19-9-8-10-20(2)28(19)34-21(3)17-25(22(34)4)29-27(26-11-6-7-16-31-26)32-30(36)33(29)18-23-12-14-24(35-5)15-13-23/h6-17,27,29H,18H2,1-5H3,(H,32,36)/t27-,29-/m1/s1. The van der Waals surface area contributed by atoms with Crippen LogP contribution in [0.4, 0.5) is 0 Å². The number of para-hydroxylation sites is 1. The Morgan fingerprint density at radius 1 is 0.944 bits per heavy atom. The topological polar surface area (TPSA) is 42.3 Å². The Balaban J connectivity index is 1.62. The number of aryl methyl sites for hydroxylation is 3. The number of pyridine rings is 1. The summed E-state index contributed by atoms with van der Waals surface area (Å²) in [6, 6.07) is 23.0. The molecule has 1 saturated heterocycles. The third-order valence-electron chi connectivity index (χ3n) is 7.16. The van der Waals surface area contributed by atoms with Crippen LogP contribution in [0.3, 0.4) is 0 Å². The fourth-order valence-corrected chi connectivity index (χ4v) is 5.74. The number of nitrogens with zero attached hydrogens (tertiary/aromatic N) is 3. The van der Waals surface area contributed by atoms with E-state index in [0.717, 1.165) is 16.6 Å². The summed E-state index contributed by atoms with van der Waals surface area (Å²) in [5.74, 6) is 0.848. The lowest BCUT2D eigenvalue weighted by Crippen LogP contribution is -2.29. The van der Waals surface area contributed by atoms with Crippen LogP contribution < -0.4 is 10.1 Å². The van der Waals surface area contributed by atoms with Crippen molar-refractivity contribution in [2.75, 3.05) is 7.11 Å². The molecule has 0 radical (unpaired) electrons. The van der Waals surface area contributed by atoms with Crippen molar-refractivity contribution in [3.63, 3.8) is 0 Å². The van der Waals surface area contributed by atoms with Gasteiger partial charge in [0, 0.05) is 24.1 Å². The van der Waals surface area contributed by atoms with E-state index in [9.17, 15) is 0 Å². The molecule has 0 aliphatic carbocycles. The lowest BCUT2D eigenvalue weighted by Gasteiger charge is -2.28. The van der Waals surface area contributed by atoms with E-state index in [1.165, 1.54) is 39.3 Å². The molecule has 1 N–H and O–H groups in total. The van der Waals surface area contributed by atoms with Crippen LogP contribution in [0.2, 0.25) is 0 Å². The van der Waals surface area contributed by atoms with Crippen molar-refractivity contribution < 1.29 is 4.74 Å². The number of nitrogens with one attached hydrogen (secondary N) is 1. The van der Waals surface area contributed by atoms with Gasteiger partial charge < -0.3 is 19.5 Å². The molecule has 5 rings (SSSR count). The maximum Gasteiger partial charge on any atom is 0.170 e. The van der Waals surface area contributed by atoms with E-state index in [0.29, 0.717) is 6.54 Å². The smallest absolute Gasteiger partial charge is 0.170 e. The maximum atomic E-state index is 5.92. The highest BCUT2D eigenvalue weighted by Gasteiger charge is 2.41. The molecule has 0 spiro atoms. The zero-order chi connectivity index (χ0) is 25.4. The zero-order valence-corrected chi connectivity index (χ0v) is 22.3. The summed E-state index contributed by atoms with van der Waals surface area (Å²) in [6.45, 7) is 9.46. The molecule has 1 aliphatic heterocycles. The van der Waals surface area contributed by atoms with Crippen LogP contribution >= 0.6 is 12.2 Å². The molecule has 2 atom stereocenters. The van der Waals surface area contributed by atoms with Crippen LogP contribution in [0.5, 0.6) is 5.75 Å². The van der Waals surface area contributed by atoms with Gasteiger partial charge in [-0.25, -0.2) is 0 Å². The number of hydrogen-bond acceptors (Lipinski definition) is 3. The lowest BCUT2D eigenvalue weighted by molar-refractivity contribution is 0.310. The van der Waals surface area contributed by atoms with Crippen LogP contribution in [-0.4, -0.2) is 26.7 Å². The predicted octanol–water partition coefficient (Wildman–Crippen LogP) is 6.29. The second-order valence-electron chi connectivity index (χ2n) is 9.50. The summed E-state index contributed by atoms with van der Waals surface area (Å²) in [7, 11) is 1.69. The molecule has 0 saturated carbocycles. The van der Waals surface area contributed by atoms with Crippen molar-refractivity contribution in [1.29, 1.82) is 0 Å². The summed E-state index contributed by atoms with van der Waals surface area (Å²) < 4.78 is 7.75. The minimum atomic E-state index is -0.0520. The van der Waals surface area contributed by atoms with Crippen molar-refractivity contribution in [2.45, 2.75) is 46.3 Å². The molecule has 2 aromatic carbocycles. The maximum absolute atomic E-state index is 5.92. The normalized spacial score (nSPS) is 17.4. The summed E-state index contributed by atoms with van der Waals surface area (Å²) in [5.41, 5.74) is 9.63. The fourth-order valence-electron chi connectivity index (χ4n) is 5.43. The highest BCUT2D eigenvalue weighted by Crippen LogP contribution is 2.42. The highest BCUT2D eigenvalue weighted by molar-refractivity contribution is 7.80. The number of ether oxygens (including phenoxy) is 1. The van der Waals surface area contributed by atoms with Gasteiger partial charge in [0.05, 0.1) is 30.6 Å². The lowest BCUT2D eigenvalue weighted by atomic mass is 9.96. The number of methoxy groups -OCH3 is 1. The minimum absolute atomic E-state index is 0.00113. The highest BCUT2D eigenvalue weighted by atomic mass is 32.1. The van der Waals surface area contributed by atoms with Gasteiger partial charge in [0.25, 0.3) is 0 Å². The first kappa shape index (κ1) is 24.1. The predicted molar refractivity (Wildman–Crippen MR) is 149 cm³/mol. The molecule has 6 heteroatoms. The molecule has 5 nitrogen and oxygen atoms in total. The number of benzene rings is 2. The first-order valence-corrected chi connectivity index (χ1v) is 12.7. The molecule has 2 aromatic heterocycles. The van der Waals surface area contributed by atoms with Crippen molar-refractivity contribution >= 4 is 17.3 Å². The first-order valence-electron chi connectivity index (χ1n) is 12.3. The molecule has 1 aliphatic rings. The van der Waals surface area contributed by atoms with Gasteiger partial charge in [-0.1, -0.05) is 36.4 Å². The Hall–Kier alpha value is -3.64. The number of hydrogen-bond donors (Lipinski definition) is 1. The summed E-state index contributed by atoms with van der Waals surface area (Å²) >= 11 is 5.92. The second-order valence-corrected chi connectivity index (χ2v) is 9.89. The van der Waals surface area contributed by atoms with Gasteiger partial charge in [0.15, 0.2) is 5.11 Å². The van der Waals surface area contributed by atoms with Crippen LogP contribution in [-0.2, 0) is 6.54 Å². The van der Waals surface area contributed by atoms with E-state index < -0.39 is 0 Å². The number of thiocarbonyl (C=S) groups is 1. The first-order chi connectivity index (χ1) is 17.4. The number of rotatable bonds is 6. The van der Waals surface area contributed by atoms with Gasteiger partial charge in [0.2, 0.25) is 0 Å². The molecule has 184 valence electrons. The summed E-state index contributed by atoms with van der Waals surface area (Å²) in [4.78, 5) is 7.01. The molecule has 0 bridgehead atoms. The molecular formula is C30H32N4OS. The van der Waals surface area contributed by atoms with E-state index in [1.807, 2.05) is 30.5 Å². The Labute approximate surface area is 218 Å². The molecule has 0 unspecified atom stereocenters. The third kappa shape index (κ3) is 4.26. The quantitative estimate of drug-likeness (QED) is 0.318. The Kier molecular flexibility index (Phi) is 6.54. The molecule has 36 heavy (non-hydrogen) atoms. The summed E-state index contributed by atoms with van der Waals surface area (Å²) in [6.07, 6.45) is 1.85. The monoisotopic (exact) mass is 496 g/mol.